The summed E-state index contributed by atoms with van der Waals surface area (Å²) < 4.78 is 12.6. The van der Waals surface area contributed by atoms with Crippen LogP contribution in [-0.4, -0.2) is 37.1 Å². The Hall–Kier alpha value is -1.54. The number of nitrogens with one attached hydrogen (secondary N) is 1. The number of benzene rings is 1. The maximum absolute atomic E-state index is 12.5. The van der Waals surface area contributed by atoms with Gasteiger partial charge in [0.15, 0.2) is 11.5 Å². The van der Waals surface area contributed by atoms with E-state index in [1.165, 1.54) is 11.3 Å². The Morgan fingerprint density at radius 3 is 2.73 bits per heavy atom. The number of ether oxygens (including phenoxy) is 2. The molecule has 2 heterocycles. The lowest BCUT2D eigenvalue weighted by atomic mass is 10.2. The van der Waals surface area contributed by atoms with Crippen LogP contribution in [0.25, 0.3) is 0 Å². The van der Waals surface area contributed by atoms with Gasteiger partial charge >= 0.3 is 0 Å². The molecule has 0 radical (unpaired) electrons. The third kappa shape index (κ3) is 5.01. The Bertz CT molecular complexity index is 812. The van der Waals surface area contributed by atoms with E-state index in [9.17, 15) is 4.79 Å². The van der Waals surface area contributed by atoms with Gasteiger partial charge in [0.1, 0.15) is 13.2 Å². The van der Waals surface area contributed by atoms with Gasteiger partial charge in [-0.05, 0) is 28.1 Å². The van der Waals surface area contributed by atoms with Gasteiger partial charge in [-0.1, -0.05) is 17.7 Å². The molecule has 2 aromatic rings. The second kappa shape index (κ2) is 8.90. The summed E-state index contributed by atoms with van der Waals surface area (Å²) in [6, 6.07) is 7.41. The van der Waals surface area contributed by atoms with Crippen LogP contribution >= 0.6 is 38.9 Å². The van der Waals surface area contributed by atoms with E-state index in [-0.39, 0.29) is 12.5 Å². The van der Waals surface area contributed by atoms with Crippen LogP contribution in [-0.2, 0) is 11.3 Å². The first kappa shape index (κ1) is 19.2. The molecule has 1 amide bonds. The van der Waals surface area contributed by atoms with Gasteiger partial charge in [0.25, 0.3) is 0 Å². The molecule has 0 saturated heterocycles. The average molecular weight is 458 g/mol. The molecule has 1 aliphatic heterocycles. The second-order valence-electron chi connectivity index (χ2n) is 5.69. The molecular weight excluding hydrogens is 440 g/mol. The van der Waals surface area contributed by atoms with Crippen molar-refractivity contribution in [3.8, 4) is 11.5 Å². The van der Waals surface area contributed by atoms with Crippen molar-refractivity contribution in [1.29, 1.82) is 0 Å². The molecule has 0 aliphatic carbocycles. The maximum atomic E-state index is 12.5. The average Bonchev–Trinajstić information content (AvgIpc) is 3.00. The molecule has 0 saturated carbocycles. The topological polar surface area (TPSA) is 50.8 Å². The van der Waals surface area contributed by atoms with E-state index in [0.717, 1.165) is 13.7 Å². The highest BCUT2D eigenvalue weighted by Crippen LogP contribution is 2.38. The number of halogens is 2. The standard InChI is InChI=1S/C18H18BrClN2O3S/c1-2-5-22(10-12-3-4-17(20)26-12)11-18(23)21-14-9-16-15(8-13(14)19)24-6-7-25-16/h2-4,8-9H,1,5-7,10-11H2,(H,21,23). The Morgan fingerprint density at radius 1 is 1.35 bits per heavy atom. The van der Waals surface area contributed by atoms with Crippen molar-refractivity contribution in [3.05, 3.63) is 50.6 Å². The second-order valence-corrected chi connectivity index (χ2v) is 8.34. The summed E-state index contributed by atoms with van der Waals surface area (Å²) in [4.78, 5) is 15.6. The monoisotopic (exact) mass is 456 g/mol. The van der Waals surface area contributed by atoms with Crippen LogP contribution in [0, 0.1) is 0 Å². The summed E-state index contributed by atoms with van der Waals surface area (Å²) in [5.41, 5.74) is 0.650. The number of nitrogens with zero attached hydrogens (tertiary/aromatic N) is 1. The van der Waals surface area contributed by atoms with Crippen LogP contribution in [0.1, 0.15) is 4.88 Å². The van der Waals surface area contributed by atoms with Gasteiger partial charge in [-0.2, -0.15) is 0 Å². The zero-order valence-electron chi connectivity index (χ0n) is 14.0. The molecule has 0 bridgehead atoms. The lowest BCUT2D eigenvalue weighted by Gasteiger charge is -2.21. The molecule has 0 atom stereocenters. The minimum atomic E-state index is -0.119. The molecule has 8 heteroatoms. The smallest absolute Gasteiger partial charge is 0.238 e. The molecule has 138 valence electrons. The molecule has 0 fully saturated rings. The first-order chi connectivity index (χ1) is 12.5. The predicted octanol–water partition coefficient (Wildman–Crippen LogP) is 4.56. The van der Waals surface area contributed by atoms with Crippen molar-refractivity contribution in [2.24, 2.45) is 0 Å². The van der Waals surface area contributed by atoms with Gasteiger partial charge < -0.3 is 14.8 Å². The number of fused-ring (bicyclic) bond motifs is 1. The summed E-state index contributed by atoms with van der Waals surface area (Å²) in [6.45, 7) is 6.27. The number of anilines is 1. The molecule has 0 unspecified atom stereocenters. The van der Waals surface area contributed by atoms with Crippen molar-refractivity contribution >= 4 is 50.5 Å². The van der Waals surface area contributed by atoms with E-state index < -0.39 is 0 Å². The van der Waals surface area contributed by atoms with Gasteiger partial charge in [0.05, 0.1) is 16.6 Å². The summed E-state index contributed by atoms with van der Waals surface area (Å²) >= 11 is 11.0. The Labute approximate surface area is 169 Å². The number of rotatable bonds is 7. The van der Waals surface area contributed by atoms with E-state index in [1.807, 2.05) is 17.0 Å². The van der Waals surface area contributed by atoms with Gasteiger partial charge in [-0.15, -0.1) is 17.9 Å². The van der Waals surface area contributed by atoms with Crippen molar-refractivity contribution in [1.82, 2.24) is 4.90 Å². The summed E-state index contributed by atoms with van der Waals surface area (Å²) in [5, 5.41) is 2.92. The molecule has 26 heavy (non-hydrogen) atoms. The number of carbonyl (C=O) groups excluding carboxylic acids is 1. The molecule has 5 nitrogen and oxygen atoms in total. The number of amides is 1. The predicted molar refractivity (Wildman–Crippen MR) is 109 cm³/mol. The lowest BCUT2D eigenvalue weighted by molar-refractivity contribution is -0.117. The fraction of sp³-hybridized carbons (Fsp3) is 0.278. The molecule has 1 aliphatic rings. The highest BCUT2D eigenvalue weighted by molar-refractivity contribution is 9.10. The fourth-order valence-electron chi connectivity index (χ4n) is 2.58. The van der Waals surface area contributed by atoms with Crippen LogP contribution < -0.4 is 14.8 Å². The molecule has 1 aromatic heterocycles. The SMILES string of the molecule is C=CCN(CC(=O)Nc1cc2c(cc1Br)OCCO2)Cc1ccc(Cl)s1. The summed E-state index contributed by atoms with van der Waals surface area (Å²) in [6.07, 6.45) is 1.78. The summed E-state index contributed by atoms with van der Waals surface area (Å²) in [7, 11) is 0. The number of hydrogen-bond acceptors (Lipinski definition) is 5. The van der Waals surface area contributed by atoms with Crippen LogP contribution in [0.2, 0.25) is 4.34 Å². The Balaban J connectivity index is 1.65. The number of carbonyl (C=O) groups is 1. The minimum absolute atomic E-state index is 0.119. The molecule has 3 rings (SSSR count). The van der Waals surface area contributed by atoms with Crippen LogP contribution in [0.15, 0.2) is 41.4 Å². The molecule has 1 aromatic carbocycles. The first-order valence-electron chi connectivity index (χ1n) is 8.01. The van der Waals surface area contributed by atoms with Crippen LogP contribution in [0.3, 0.4) is 0 Å². The zero-order chi connectivity index (χ0) is 18.5. The minimum Gasteiger partial charge on any atom is -0.486 e. The molecular formula is C18H18BrClN2O3S. The van der Waals surface area contributed by atoms with Gasteiger partial charge in [-0.25, -0.2) is 0 Å². The fourth-order valence-corrected chi connectivity index (χ4v) is 4.13. The molecule has 0 spiro atoms. The first-order valence-corrected chi connectivity index (χ1v) is 10.0. The quantitative estimate of drug-likeness (QED) is 0.619. The Morgan fingerprint density at radius 2 is 2.08 bits per heavy atom. The third-order valence-corrected chi connectivity index (χ3v) is 5.54. The lowest BCUT2D eigenvalue weighted by Crippen LogP contribution is -2.33. The zero-order valence-corrected chi connectivity index (χ0v) is 17.1. The largest absolute Gasteiger partial charge is 0.486 e. The van der Waals surface area contributed by atoms with Crippen molar-refractivity contribution in [3.63, 3.8) is 0 Å². The number of hydrogen-bond donors (Lipinski definition) is 1. The van der Waals surface area contributed by atoms with Crippen molar-refractivity contribution in [2.75, 3.05) is 31.6 Å². The summed E-state index contributed by atoms with van der Waals surface area (Å²) in [5.74, 6) is 1.18. The maximum Gasteiger partial charge on any atom is 0.238 e. The van der Waals surface area contributed by atoms with E-state index in [0.29, 0.717) is 43.5 Å². The molecule has 1 N–H and O–H groups in total. The van der Waals surface area contributed by atoms with E-state index in [2.05, 4.69) is 27.8 Å². The number of thiophene rings is 1. The Kier molecular flexibility index (Phi) is 6.58. The highest BCUT2D eigenvalue weighted by atomic mass is 79.9. The van der Waals surface area contributed by atoms with Crippen molar-refractivity contribution < 1.29 is 14.3 Å². The van der Waals surface area contributed by atoms with Gasteiger partial charge in [-0.3, -0.25) is 9.69 Å². The normalized spacial score (nSPS) is 12.9. The van der Waals surface area contributed by atoms with E-state index in [1.54, 1.807) is 18.2 Å². The van der Waals surface area contributed by atoms with Crippen LogP contribution in [0.4, 0.5) is 5.69 Å². The van der Waals surface area contributed by atoms with Gasteiger partial charge in [0, 0.05) is 34.6 Å². The van der Waals surface area contributed by atoms with Gasteiger partial charge in [0.2, 0.25) is 5.91 Å². The van der Waals surface area contributed by atoms with Crippen LogP contribution in [0.5, 0.6) is 11.5 Å². The highest BCUT2D eigenvalue weighted by Gasteiger charge is 2.17. The van der Waals surface area contributed by atoms with E-state index >= 15 is 0 Å². The third-order valence-electron chi connectivity index (χ3n) is 3.67. The van der Waals surface area contributed by atoms with E-state index in [4.69, 9.17) is 21.1 Å². The van der Waals surface area contributed by atoms with Crippen molar-refractivity contribution in [2.45, 2.75) is 6.54 Å².